The molecule has 33 heavy (non-hydrogen) atoms. The maximum atomic E-state index is 13.4. The van der Waals surface area contributed by atoms with Gasteiger partial charge >= 0.3 is 0 Å². The highest BCUT2D eigenvalue weighted by molar-refractivity contribution is 7.89. The van der Waals surface area contributed by atoms with Crippen LogP contribution in [-0.2, 0) is 14.8 Å². The van der Waals surface area contributed by atoms with Crippen LogP contribution >= 0.6 is 0 Å². The number of hydrogen-bond acceptors (Lipinski definition) is 6. The minimum absolute atomic E-state index is 0.0906. The Morgan fingerprint density at radius 2 is 1.76 bits per heavy atom. The van der Waals surface area contributed by atoms with Crippen molar-refractivity contribution < 1.29 is 22.5 Å². The minimum atomic E-state index is -3.78. The molecule has 1 aromatic heterocycles. The first kappa shape index (κ1) is 24.9. The summed E-state index contributed by atoms with van der Waals surface area (Å²) < 4.78 is 32.7. The lowest BCUT2D eigenvalue weighted by Gasteiger charge is -2.29. The van der Waals surface area contributed by atoms with Gasteiger partial charge in [0.05, 0.1) is 0 Å². The molecule has 2 heterocycles. The maximum absolute atomic E-state index is 13.4. The largest absolute Gasteiger partial charge is 0.360 e. The van der Waals surface area contributed by atoms with Gasteiger partial charge in [0.1, 0.15) is 16.6 Å². The van der Waals surface area contributed by atoms with Gasteiger partial charge in [-0.15, -0.1) is 0 Å². The lowest BCUT2D eigenvalue weighted by atomic mass is 10.0. The zero-order valence-corrected chi connectivity index (χ0v) is 20.6. The van der Waals surface area contributed by atoms with E-state index in [4.69, 9.17) is 4.52 Å². The third-order valence-corrected chi connectivity index (χ3v) is 8.09. The van der Waals surface area contributed by atoms with Crippen LogP contribution in [0.4, 0.5) is 0 Å². The second-order valence-electron chi connectivity index (χ2n) is 8.75. The molecule has 1 aliphatic rings. The van der Waals surface area contributed by atoms with Gasteiger partial charge in [0.15, 0.2) is 5.76 Å². The molecule has 1 saturated heterocycles. The molecule has 0 bridgehead atoms. The van der Waals surface area contributed by atoms with Crippen LogP contribution in [0.3, 0.4) is 0 Å². The molecule has 1 atom stereocenters. The molecule has 180 valence electrons. The molecule has 1 fully saturated rings. The number of carbonyl (C=O) groups excluding carboxylic acids is 2. The standard InChI is InChI=1S/C23H32N4O5S/c1-15(2)20(24-22(28)19-10-7-6-9-16(19)3)23(29)26-11-8-12-27(14-13-26)33(30,31)21-17(4)25-32-18(21)5/h6-7,9-10,15,20H,8,11-14H2,1-5H3,(H,24,28)/t20-/m0/s1. The molecule has 0 spiro atoms. The minimum Gasteiger partial charge on any atom is -0.360 e. The van der Waals surface area contributed by atoms with Crippen molar-refractivity contribution in [3.63, 3.8) is 0 Å². The van der Waals surface area contributed by atoms with Crippen LogP contribution in [0.25, 0.3) is 0 Å². The second-order valence-corrected chi connectivity index (χ2v) is 10.6. The number of aromatic nitrogens is 1. The zero-order chi connectivity index (χ0) is 24.3. The summed E-state index contributed by atoms with van der Waals surface area (Å²) in [6.07, 6.45) is 0.491. The SMILES string of the molecule is Cc1ccccc1C(=O)N[C@H](C(=O)N1CCCN(S(=O)(=O)c2c(C)noc2C)CC1)C(C)C. The Morgan fingerprint density at radius 3 is 2.36 bits per heavy atom. The molecule has 0 saturated carbocycles. The Morgan fingerprint density at radius 1 is 1.06 bits per heavy atom. The average molecular weight is 477 g/mol. The Balaban J connectivity index is 1.73. The monoisotopic (exact) mass is 476 g/mol. The number of benzene rings is 1. The first-order chi connectivity index (χ1) is 15.5. The van der Waals surface area contributed by atoms with Crippen molar-refractivity contribution in [2.45, 2.75) is 52.0 Å². The molecule has 1 N–H and O–H groups in total. The highest BCUT2D eigenvalue weighted by atomic mass is 32.2. The number of nitrogens with zero attached hydrogens (tertiary/aromatic N) is 3. The van der Waals surface area contributed by atoms with Gasteiger partial charge in [0.25, 0.3) is 5.91 Å². The van der Waals surface area contributed by atoms with Crippen molar-refractivity contribution in [1.29, 1.82) is 0 Å². The Labute approximate surface area is 195 Å². The van der Waals surface area contributed by atoms with Crippen LogP contribution in [0.5, 0.6) is 0 Å². The van der Waals surface area contributed by atoms with Crippen LogP contribution in [0.15, 0.2) is 33.7 Å². The number of sulfonamides is 1. The molecule has 10 heteroatoms. The molecule has 0 radical (unpaired) electrons. The van der Waals surface area contributed by atoms with E-state index in [9.17, 15) is 18.0 Å². The van der Waals surface area contributed by atoms with Gasteiger partial charge in [-0.3, -0.25) is 9.59 Å². The molecule has 3 rings (SSSR count). The van der Waals surface area contributed by atoms with Gasteiger partial charge < -0.3 is 14.7 Å². The molecule has 0 aliphatic carbocycles. The number of carbonyl (C=O) groups is 2. The van der Waals surface area contributed by atoms with Gasteiger partial charge in [0.2, 0.25) is 15.9 Å². The Bertz CT molecular complexity index is 1110. The van der Waals surface area contributed by atoms with Crippen LogP contribution in [0.2, 0.25) is 0 Å². The van der Waals surface area contributed by atoms with Crippen LogP contribution in [-0.4, -0.2) is 66.8 Å². The smallest absolute Gasteiger partial charge is 0.252 e. The topological polar surface area (TPSA) is 113 Å². The molecular weight excluding hydrogens is 444 g/mol. The number of hydrogen-bond donors (Lipinski definition) is 1. The second kappa shape index (κ2) is 10.0. The van der Waals surface area contributed by atoms with Gasteiger partial charge in [-0.2, -0.15) is 4.31 Å². The number of rotatable bonds is 6. The summed E-state index contributed by atoms with van der Waals surface area (Å²) in [4.78, 5) is 27.9. The summed E-state index contributed by atoms with van der Waals surface area (Å²) >= 11 is 0. The molecule has 0 unspecified atom stereocenters. The first-order valence-electron chi connectivity index (χ1n) is 11.1. The predicted octanol–water partition coefficient (Wildman–Crippen LogP) is 2.28. The van der Waals surface area contributed by atoms with E-state index in [0.29, 0.717) is 24.2 Å². The number of aryl methyl sites for hydroxylation is 3. The fourth-order valence-electron chi connectivity index (χ4n) is 4.08. The molecule has 2 aromatic rings. The summed E-state index contributed by atoms with van der Waals surface area (Å²) in [5.74, 6) is -0.375. The summed E-state index contributed by atoms with van der Waals surface area (Å²) in [5, 5.41) is 6.65. The van der Waals surface area contributed by atoms with Crippen LogP contribution in [0.1, 0.15) is 47.6 Å². The zero-order valence-electron chi connectivity index (χ0n) is 19.8. The van der Waals surface area contributed by atoms with Crippen molar-refractivity contribution in [2.75, 3.05) is 26.2 Å². The Hall–Kier alpha value is -2.72. The van der Waals surface area contributed by atoms with E-state index >= 15 is 0 Å². The van der Waals surface area contributed by atoms with Gasteiger partial charge in [0, 0.05) is 31.7 Å². The van der Waals surface area contributed by atoms with E-state index in [2.05, 4.69) is 10.5 Å². The average Bonchev–Trinajstić information content (AvgIpc) is 2.95. The lowest BCUT2D eigenvalue weighted by molar-refractivity contribution is -0.134. The number of amides is 2. The Kier molecular flexibility index (Phi) is 7.58. The third-order valence-electron chi connectivity index (χ3n) is 5.94. The third kappa shape index (κ3) is 5.27. The van der Waals surface area contributed by atoms with Crippen LogP contribution in [0, 0.1) is 26.7 Å². The van der Waals surface area contributed by atoms with Crippen LogP contribution < -0.4 is 5.32 Å². The highest BCUT2D eigenvalue weighted by Crippen LogP contribution is 2.24. The number of nitrogens with one attached hydrogen (secondary N) is 1. The summed E-state index contributed by atoms with van der Waals surface area (Å²) in [7, 11) is -3.78. The quantitative estimate of drug-likeness (QED) is 0.684. The van der Waals surface area contributed by atoms with E-state index in [1.807, 2.05) is 32.9 Å². The molecule has 1 aliphatic heterocycles. The summed E-state index contributed by atoms with van der Waals surface area (Å²) in [6, 6.07) is 6.52. The molecular formula is C23H32N4O5S. The highest BCUT2D eigenvalue weighted by Gasteiger charge is 2.35. The van der Waals surface area contributed by atoms with Crippen molar-refractivity contribution in [3.05, 3.63) is 46.8 Å². The van der Waals surface area contributed by atoms with Crippen molar-refractivity contribution in [3.8, 4) is 0 Å². The van der Waals surface area contributed by atoms with Gasteiger partial charge in [-0.1, -0.05) is 37.2 Å². The lowest BCUT2D eigenvalue weighted by Crippen LogP contribution is -2.52. The normalized spacial score (nSPS) is 16.5. The van der Waals surface area contributed by atoms with E-state index in [0.717, 1.165) is 5.56 Å². The maximum Gasteiger partial charge on any atom is 0.252 e. The fourth-order valence-corrected chi connectivity index (χ4v) is 5.84. The van der Waals surface area contributed by atoms with Crippen molar-refractivity contribution in [2.24, 2.45) is 5.92 Å². The predicted molar refractivity (Wildman–Crippen MR) is 123 cm³/mol. The molecule has 2 amide bonds. The van der Waals surface area contributed by atoms with E-state index in [1.165, 1.54) is 4.31 Å². The van der Waals surface area contributed by atoms with E-state index in [-0.39, 0.29) is 48.0 Å². The van der Waals surface area contributed by atoms with Gasteiger partial charge in [-0.05, 0) is 44.7 Å². The van der Waals surface area contributed by atoms with Crippen molar-refractivity contribution >= 4 is 21.8 Å². The van der Waals surface area contributed by atoms with Gasteiger partial charge in [-0.25, -0.2) is 8.42 Å². The fraction of sp³-hybridized carbons (Fsp3) is 0.522. The molecule has 9 nitrogen and oxygen atoms in total. The summed E-state index contributed by atoms with van der Waals surface area (Å²) in [6.45, 7) is 9.89. The van der Waals surface area contributed by atoms with Crippen molar-refractivity contribution in [1.82, 2.24) is 19.7 Å². The van der Waals surface area contributed by atoms with E-state index in [1.54, 1.807) is 30.9 Å². The molecule has 1 aromatic carbocycles. The summed E-state index contributed by atoms with van der Waals surface area (Å²) in [5.41, 5.74) is 1.69. The first-order valence-corrected chi connectivity index (χ1v) is 12.6. The van der Waals surface area contributed by atoms with E-state index < -0.39 is 16.1 Å².